The minimum absolute atomic E-state index is 0.463. The number of hydrogen-bond donors (Lipinski definition) is 0. The lowest BCUT2D eigenvalue weighted by Gasteiger charge is -2.30. The molecule has 0 spiro atoms. The van der Waals surface area contributed by atoms with Gasteiger partial charge in [-0.1, -0.05) is 102 Å². The Bertz CT molecular complexity index is 763. The molecule has 0 fully saturated rings. The largest absolute Gasteiger partial charge is 0.110 e. The van der Waals surface area contributed by atoms with Gasteiger partial charge in [-0.05, 0) is 34.7 Å². The Hall–Kier alpha value is -0.900. The van der Waals surface area contributed by atoms with Crippen LogP contribution in [0.2, 0.25) is 5.02 Å². The van der Waals surface area contributed by atoms with Crippen molar-refractivity contribution in [2.24, 2.45) is 0 Å². The van der Waals surface area contributed by atoms with Crippen LogP contribution in [0.25, 0.3) is 0 Å². The Balaban J connectivity index is 2.04. The molecule has 0 aliphatic heterocycles. The molecule has 0 N–H and O–H groups in total. The standard InChI is InChI=1S/C20H18Cl2P2/c1-15-18(13-8-14-19(15)21)20(22,23-16-9-4-2-5-10-16)24-17-11-6-3-7-12-17/h2-14,23-24H,1H3. The van der Waals surface area contributed by atoms with Gasteiger partial charge in [0.15, 0.2) is 0 Å². The third-order valence-electron chi connectivity index (χ3n) is 3.82. The summed E-state index contributed by atoms with van der Waals surface area (Å²) in [6.45, 7) is 2.06. The van der Waals surface area contributed by atoms with Crippen LogP contribution in [-0.4, -0.2) is 0 Å². The summed E-state index contributed by atoms with van der Waals surface area (Å²) in [6.07, 6.45) is 0. The van der Waals surface area contributed by atoms with Crippen LogP contribution >= 0.6 is 40.4 Å². The van der Waals surface area contributed by atoms with Crippen LogP contribution < -0.4 is 10.6 Å². The van der Waals surface area contributed by atoms with Gasteiger partial charge in [0, 0.05) is 5.02 Å². The molecular formula is C20H18Cl2P2. The van der Waals surface area contributed by atoms with Gasteiger partial charge in [-0.15, -0.1) is 11.6 Å². The second-order valence-corrected chi connectivity index (χ2v) is 10.8. The highest BCUT2D eigenvalue weighted by Gasteiger charge is 2.32. The molecule has 0 saturated carbocycles. The molecule has 2 unspecified atom stereocenters. The summed E-state index contributed by atoms with van der Waals surface area (Å²) in [7, 11) is 0.927. The van der Waals surface area contributed by atoms with Crippen LogP contribution in [0.5, 0.6) is 0 Å². The van der Waals surface area contributed by atoms with Gasteiger partial charge in [0.1, 0.15) is 4.36 Å². The highest BCUT2D eigenvalue weighted by molar-refractivity contribution is 7.69. The molecule has 0 radical (unpaired) electrons. The molecule has 0 aliphatic carbocycles. The van der Waals surface area contributed by atoms with Gasteiger partial charge in [-0.25, -0.2) is 0 Å². The first kappa shape index (κ1) is 17.9. The molecule has 2 atom stereocenters. The molecular weight excluding hydrogens is 373 g/mol. The lowest BCUT2D eigenvalue weighted by molar-refractivity contribution is 1.21. The first-order valence-electron chi connectivity index (χ1n) is 7.69. The van der Waals surface area contributed by atoms with E-state index in [2.05, 4.69) is 61.5 Å². The second kappa shape index (κ2) is 7.99. The smallest absolute Gasteiger partial charge is 0.104 e. The van der Waals surface area contributed by atoms with E-state index >= 15 is 0 Å². The predicted octanol–water partition coefficient (Wildman–Crippen LogP) is 6.01. The molecule has 0 nitrogen and oxygen atoms in total. The Morgan fingerprint density at radius 1 is 0.708 bits per heavy atom. The summed E-state index contributed by atoms with van der Waals surface area (Å²) in [4.78, 5) is 0. The molecule has 0 aliphatic rings. The van der Waals surface area contributed by atoms with Crippen LogP contribution in [0, 0.1) is 6.92 Å². The summed E-state index contributed by atoms with van der Waals surface area (Å²) in [5.74, 6) is 0. The van der Waals surface area contributed by atoms with Crippen molar-refractivity contribution in [2.45, 2.75) is 11.3 Å². The van der Waals surface area contributed by atoms with E-state index in [1.807, 2.05) is 24.3 Å². The Morgan fingerprint density at radius 2 is 1.21 bits per heavy atom. The fraction of sp³-hybridized carbons (Fsp3) is 0.100. The average molecular weight is 391 g/mol. The monoisotopic (exact) mass is 390 g/mol. The van der Waals surface area contributed by atoms with Gasteiger partial charge >= 0.3 is 0 Å². The Kier molecular flexibility index (Phi) is 5.96. The molecule has 0 heterocycles. The highest BCUT2D eigenvalue weighted by atomic mass is 35.5. The SMILES string of the molecule is Cc1c(Cl)cccc1C(Cl)(Pc1ccccc1)Pc1ccccc1. The summed E-state index contributed by atoms with van der Waals surface area (Å²) >= 11 is 13.7. The number of halogens is 2. The maximum absolute atomic E-state index is 7.28. The molecule has 4 heteroatoms. The topological polar surface area (TPSA) is 0 Å². The summed E-state index contributed by atoms with van der Waals surface area (Å²) in [5.41, 5.74) is 2.20. The minimum atomic E-state index is -0.475. The van der Waals surface area contributed by atoms with Gasteiger partial charge in [0.2, 0.25) is 0 Å². The quantitative estimate of drug-likeness (QED) is 0.369. The van der Waals surface area contributed by atoms with E-state index in [1.54, 1.807) is 0 Å². The molecule has 3 rings (SSSR count). The average Bonchev–Trinajstić information content (AvgIpc) is 2.59. The summed E-state index contributed by atoms with van der Waals surface area (Å²) in [5, 5.41) is 3.29. The van der Waals surface area contributed by atoms with Crippen molar-refractivity contribution in [2.75, 3.05) is 0 Å². The lowest BCUT2D eigenvalue weighted by atomic mass is 10.1. The van der Waals surface area contributed by atoms with Gasteiger partial charge in [-0.3, -0.25) is 0 Å². The van der Waals surface area contributed by atoms with Crippen molar-refractivity contribution in [3.63, 3.8) is 0 Å². The number of alkyl halides is 1. The van der Waals surface area contributed by atoms with Crippen LogP contribution in [0.4, 0.5) is 0 Å². The normalized spacial score (nSPS) is 14.5. The zero-order valence-electron chi connectivity index (χ0n) is 13.3. The van der Waals surface area contributed by atoms with E-state index in [1.165, 1.54) is 10.6 Å². The maximum Gasteiger partial charge on any atom is 0.110 e. The van der Waals surface area contributed by atoms with E-state index < -0.39 is 4.36 Å². The molecule has 24 heavy (non-hydrogen) atoms. The zero-order chi connectivity index (χ0) is 17.0. The number of benzene rings is 3. The number of rotatable bonds is 5. The second-order valence-electron chi connectivity index (χ2n) is 5.55. The van der Waals surface area contributed by atoms with Crippen LogP contribution in [0.15, 0.2) is 78.9 Å². The fourth-order valence-electron chi connectivity index (χ4n) is 2.59. The van der Waals surface area contributed by atoms with Crippen molar-refractivity contribution in [3.8, 4) is 0 Å². The number of hydrogen-bond acceptors (Lipinski definition) is 0. The van der Waals surface area contributed by atoms with Gasteiger partial charge < -0.3 is 0 Å². The maximum atomic E-state index is 7.28. The molecule has 0 aromatic heterocycles. The van der Waals surface area contributed by atoms with Crippen molar-refractivity contribution in [3.05, 3.63) is 95.0 Å². The van der Waals surface area contributed by atoms with Gasteiger partial charge in [0.25, 0.3) is 0 Å². The molecule has 122 valence electrons. The summed E-state index contributed by atoms with van der Waals surface area (Å²) < 4.78 is -0.475. The molecule has 3 aromatic rings. The van der Waals surface area contributed by atoms with E-state index in [4.69, 9.17) is 23.2 Å². The van der Waals surface area contributed by atoms with E-state index in [0.717, 1.165) is 16.1 Å². The van der Waals surface area contributed by atoms with E-state index in [-0.39, 0.29) is 0 Å². The first-order chi connectivity index (χ1) is 11.6. The van der Waals surface area contributed by atoms with Crippen LogP contribution in [0.3, 0.4) is 0 Å². The van der Waals surface area contributed by atoms with Crippen molar-refractivity contribution >= 4 is 51.0 Å². The molecule has 0 amide bonds. The zero-order valence-corrected chi connectivity index (χ0v) is 16.8. The van der Waals surface area contributed by atoms with Gasteiger partial charge in [0.05, 0.1) is 0 Å². The minimum Gasteiger partial charge on any atom is -0.104 e. The van der Waals surface area contributed by atoms with Crippen molar-refractivity contribution in [1.29, 1.82) is 0 Å². The van der Waals surface area contributed by atoms with Crippen LogP contribution in [-0.2, 0) is 4.36 Å². The first-order valence-corrected chi connectivity index (χ1v) is 10.4. The van der Waals surface area contributed by atoms with Gasteiger partial charge in [-0.2, -0.15) is 0 Å². The third-order valence-corrected chi connectivity index (χ3v) is 8.22. The molecule has 0 saturated heterocycles. The predicted molar refractivity (Wildman–Crippen MR) is 113 cm³/mol. The highest BCUT2D eigenvalue weighted by Crippen LogP contribution is 2.58. The van der Waals surface area contributed by atoms with Crippen molar-refractivity contribution in [1.82, 2.24) is 0 Å². The van der Waals surface area contributed by atoms with Crippen LogP contribution in [0.1, 0.15) is 11.1 Å². The Labute approximate surface area is 157 Å². The van der Waals surface area contributed by atoms with E-state index in [9.17, 15) is 0 Å². The van der Waals surface area contributed by atoms with E-state index in [0.29, 0.717) is 17.2 Å². The Morgan fingerprint density at radius 3 is 1.71 bits per heavy atom. The molecule has 0 bridgehead atoms. The lowest BCUT2D eigenvalue weighted by Crippen LogP contribution is -2.16. The summed E-state index contributed by atoms with van der Waals surface area (Å²) in [6, 6.07) is 26.9. The third kappa shape index (κ3) is 4.19. The fourth-order valence-corrected chi connectivity index (χ4v) is 7.06. The molecule has 3 aromatic carbocycles. The van der Waals surface area contributed by atoms with Crippen molar-refractivity contribution < 1.29 is 0 Å².